The lowest BCUT2D eigenvalue weighted by molar-refractivity contribution is 0.0529. The summed E-state index contributed by atoms with van der Waals surface area (Å²) in [5, 5.41) is 9.27. The van der Waals surface area contributed by atoms with E-state index in [0.717, 1.165) is 32.2 Å². The van der Waals surface area contributed by atoms with Crippen LogP contribution in [0.15, 0.2) is 4.99 Å². The number of alkyl carbamates (subject to hydrolysis) is 1. The van der Waals surface area contributed by atoms with Crippen molar-refractivity contribution in [1.29, 1.82) is 0 Å². The SMILES string of the molecule is CN=C(NCCNC(=O)OC(C)(C)C)NCC1CCCN1CCOC.I. The van der Waals surface area contributed by atoms with E-state index in [0.29, 0.717) is 19.1 Å². The number of methoxy groups -OCH3 is 1. The Hall–Kier alpha value is -0.810. The maximum absolute atomic E-state index is 11.6. The molecule has 0 radical (unpaired) electrons. The first-order valence-corrected chi connectivity index (χ1v) is 9.00. The van der Waals surface area contributed by atoms with E-state index in [4.69, 9.17) is 9.47 Å². The van der Waals surface area contributed by atoms with Crippen molar-refractivity contribution < 1.29 is 14.3 Å². The molecule has 1 heterocycles. The second-order valence-corrected chi connectivity index (χ2v) is 7.13. The molecule has 0 aromatic rings. The summed E-state index contributed by atoms with van der Waals surface area (Å²) in [7, 11) is 3.48. The van der Waals surface area contributed by atoms with Crippen molar-refractivity contribution in [3.63, 3.8) is 0 Å². The Kier molecular flexibility index (Phi) is 13.0. The number of likely N-dealkylation sites (tertiary alicyclic amines) is 1. The maximum Gasteiger partial charge on any atom is 0.407 e. The van der Waals surface area contributed by atoms with Gasteiger partial charge in [-0.1, -0.05) is 0 Å². The van der Waals surface area contributed by atoms with Gasteiger partial charge in [-0.15, -0.1) is 24.0 Å². The Morgan fingerprint density at radius 2 is 1.92 bits per heavy atom. The van der Waals surface area contributed by atoms with Crippen LogP contribution >= 0.6 is 24.0 Å². The third-order valence-electron chi connectivity index (χ3n) is 3.90. The molecule has 1 saturated heterocycles. The van der Waals surface area contributed by atoms with E-state index >= 15 is 0 Å². The molecule has 9 heteroatoms. The van der Waals surface area contributed by atoms with E-state index in [2.05, 4.69) is 25.8 Å². The molecule has 0 aromatic carbocycles. The van der Waals surface area contributed by atoms with Crippen molar-refractivity contribution in [2.24, 2.45) is 4.99 Å². The van der Waals surface area contributed by atoms with Crippen LogP contribution in [-0.2, 0) is 9.47 Å². The summed E-state index contributed by atoms with van der Waals surface area (Å²) >= 11 is 0. The van der Waals surface area contributed by atoms with Crippen LogP contribution in [0.1, 0.15) is 33.6 Å². The molecule has 3 N–H and O–H groups in total. The van der Waals surface area contributed by atoms with E-state index in [1.807, 2.05) is 20.8 Å². The van der Waals surface area contributed by atoms with Crippen LogP contribution < -0.4 is 16.0 Å². The highest BCUT2D eigenvalue weighted by molar-refractivity contribution is 14.0. The van der Waals surface area contributed by atoms with Gasteiger partial charge in [0.15, 0.2) is 5.96 Å². The van der Waals surface area contributed by atoms with Crippen molar-refractivity contribution in [1.82, 2.24) is 20.9 Å². The van der Waals surface area contributed by atoms with Crippen molar-refractivity contribution in [2.75, 3.05) is 53.5 Å². The van der Waals surface area contributed by atoms with Gasteiger partial charge in [0.25, 0.3) is 0 Å². The van der Waals surface area contributed by atoms with E-state index < -0.39 is 11.7 Å². The Labute approximate surface area is 174 Å². The fourth-order valence-corrected chi connectivity index (χ4v) is 2.72. The van der Waals surface area contributed by atoms with Crippen LogP contribution in [0, 0.1) is 0 Å². The van der Waals surface area contributed by atoms with Crippen LogP contribution in [0.3, 0.4) is 0 Å². The summed E-state index contributed by atoms with van der Waals surface area (Å²) < 4.78 is 10.4. The standard InChI is InChI=1S/C17H35N5O3.HI/c1-17(2,3)25-16(23)20-9-8-19-15(18-4)21-13-14-7-6-10-22(14)11-12-24-5;/h14H,6-13H2,1-5H3,(H,20,23)(H2,18,19,21);1H. The predicted octanol–water partition coefficient (Wildman–Crippen LogP) is 1.40. The number of ether oxygens (including phenoxy) is 2. The van der Waals surface area contributed by atoms with Gasteiger partial charge in [-0.3, -0.25) is 9.89 Å². The van der Waals surface area contributed by atoms with Gasteiger partial charge in [0.05, 0.1) is 6.61 Å². The topological polar surface area (TPSA) is 87.2 Å². The summed E-state index contributed by atoms with van der Waals surface area (Å²) in [5.41, 5.74) is -0.481. The zero-order chi connectivity index (χ0) is 18.7. The summed E-state index contributed by atoms with van der Waals surface area (Å²) in [6, 6.07) is 0.508. The quantitative estimate of drug-likeness (QED) is 0.209. The lowest BCUT2D eigenvalue weighted by atomic mass is 10.2. The van der Waals surface area contributed by atoms with E-state index in [9.17, 15) is 4.79 Å². The minimum atomic E-state index is -0.481. The Bertz CT molecular complexity index is 429. The number of nitrogens with zero attached hydrogens (tertiary/aromatic N) is 2. The first-order chi connectivity index (χ1) is 11.9. The summed E-state index contributed by atoms with van der Waals surface area (Å²) in [4.78, 5) is 18.2. The van der Waals surface area contributed by atoms with E-state index in [-0.39, 0.29) is 24.0 Å². The van der Waals surface area contributed by atoms with Gasteiger partial charge in [-0.05, 0) is 40.2 Å². The van der Waals surface area contributed by atoms with E-state index in [1.54, 1.807) is 14.2 Å². The molecular weight excluding hydrogens is 449 g/mol. The molecule has 0 aliphatic carbocycles. The number of carbonyl (C=O) groups is 1. The molecule has 0 bridgehead atoms. The van der Waals surface area contributed by atoms with Crippen molar-refractivity contribution in [3.8, 4) is 0 Å². The minimum Gasteiger partial charge on any atom is -0.444 e. The number of nitrogens with one attached hydrogen (secondary N) is 3. The van der Waals surface area contributed by atoms with Gasteiger partial charge >= 0.3 is 6.09 Å². The fourth-order valence-electron chi connectivity index (χ4n) is 2.72. The zero-order valence-electron chi connectivity index (χ0n) is 16.8. The van der Waals surface area contributed by atoms with Gasteiger partial charge in [-0.2, -0.15) is 0 Å². The Morgan fingerprint density at radius 1 is 1.23 bits per heavy atom. The first-order valence-electron chi connectivity index (χ1n) is 9.00. The number of rotatable bonds is 8. The molecule has 8 nitrogen and oxygen atoms in total. The summed E-state index contributed by atoms with van der Waals surface area (Å²) in [6.45, 7) is 10.3. The number of aliphatic imine (C=N–C) groups is 1. The predicted molar refractivity (Wildman–Crippen MR) is 115 cm³/mol. The molecule has 1 unspecified atom stereocenters. The van der Waals surface area contributed by atoms with Gasteiger partial charge in [0.2, 0.25) is 0 Å². The van der Waals surface area contributed by atoms with Gasteiger partial charge < -0.3 is 25.4 Å². The molecule has 1 aliphatic heterocycles. The van der Waals surface area contributed by atoms with Crippen LogP contribution in [-0.4, -0.2) is 82.1 Å². The largest absolute Gasteiger partial charge is 0.444 e. The van der Waals surface area contributed by atoms with Crippen LogP contribution in [0.2, 0.25) is 0 Å². The minimum absolute atomic E-state index is 0. The molecule has 1 rings (SSSR count). The average molecular weight is 485 g/mol. The average Bonchev–Trinajstić information content (AvgIpc) is 2.98. The molecule has 0 spiro atoms. The van der Waals surface area contributed by atoms with Crippen LogP contribution in [0.4, 0.5) is 4.79 Å². The maximum atomic E-state index is 11.6. The number of hydrogen-bond acceptors (Lipinski definition) is 5. The number of halogens is 1. The van der Waals surface area contributed by atoms with Gasteiger partial charge in [0.1, 0.15) is 5.60 Å². The Balaban J connectivity index is 0.00000625. The molecule has 1 aliphatic rings. The number of hydrogen-bond donors (Lipinski definition) is 3. The normalized spacial score (nSPS) is 18.2. The summed E-state index contributed by atoms with van der Waals surface area (Å²) in [6.07, 6.45) is 2.01. The van der Waals surface area contributed by atoms with Crippen molar-refractivity contribution >= 4 is 36.0 Å². The number of amides is 1. The van der Waals surface area contributed by atoms with E-state index in [1.165, 1.54) is 12.8 Å². The molecule has 154 valence electrons. The number of guanidine groups is 1. The monoisotopic (exact) mass is 485 g/mol. The smallest absolute Gasteiger partial charge is 0.407 e. The molecule has 0 saturated carbocycles. The lowest BCUT2D eigenvalue weighted by Gasteiger charge is -2.25. The fraction of sp³-hybridized carbons (Fsp3) is 0.882. The van der Waals surface area contributed by atoms with Crippen molar-refractivity contribution in [2.45, 2.75) is 45.3 Å². The highest BCUT2D eigenvalue weighted by Gasteiger charge is 2.23. The lowest BCUT2D eigenvalue weighted by Crippen LogP contribution is -2.47. The molecular formula is C17H36IN5O3. The first kappa shape index (κ1) is 25.2. The highest BCUT2D eigenvalue weighted by atomic mass is 127. The molecule has 1 atom stereocenters. The Morgan fingerprint density at radius 3 is 2.54 bits per heavy atom. The second-order valence-electron chi connectivity index (χ2n) is 7.13. The molecule has 26 heavy (non-hydrogen) atoms. The van der Waals surface area contributed by atoms with Gasteiger partial charge in [-0.25, -0.2) is 4.79 Å². The summed E-state index contributed by atoms with van der Waals surface area (Å²) in [5.74, 6) is 0.740. The highest BCUT2D eigenvalue weighted by Crippen LogP contribution is 2.15. The molecule has 0 aromatic heterocycles. The molecule has 1 amide bonds. The zero-order valence-corrected chi connectivity index (χ0v) is 19.1. The number of carbonyl (C=O) groups excluding carboxylic acids is 1. The molecule has 1 fully saturated rings. The van der Waals surface area contributed by atoms with Crippen LogP contribution in [0.5, 0.6) is 0 Å². The van der Waals surface area contributed by atoms with Crippen molar-refractivity contribution in [3.05, 3.63) is 0 Å². The third kappa shape index (κ3) is 11.0. The van der Waals surface area contributed by atoms with Gasteiger partial charge in [0, 0.05) is 46.4 Å². The second kappa shape index (κ2) is 13.4. The van der Waals surface area contributed by atoms with Crippen LogP contribution in [0.25, 0.3) is 0 Å². The third-order valence-corrected chi connectivity index (χ3v) is 3.90.